The molecule has 2 atom stereocenters. The molecule has 1 fully saturated rings. The number of hydrogen-bond acceptors (Lipinski definition) is 4. The Morgan fingerprint density at radius 2 is 2.05 bits per heavy atom. The molecule has 1 amide bonds. The average Bonchev–Trinajstić information content (AvgIpc) is 3.18. The number of rotatable bonds is 3. The minimum absolute atomic E-state index is 0.0449. The van der Waals surface area contributed by atoms with E-state index >= 15 is 0 Å². The number of likely N-dealkylation sites (tertiary alicyclic amines) is 1. The van der Waals surface area contributed by atoms with Gasteiger partial charge in [0.05, 0.1) is 12.3 Å². The van der Waals surface area contributed by atoms with E-state index in [-0.39, 0.29) is 23.5 Å². The highest BCUT2D eigenvalue weighted by atomic mass is 16.4. The van der Waals surface area contributed by atoms with Crippen LogP contribution in [-0.4, -0.2) is 28.4 Å². The van der Waals surface area contributed by atoms with Crippen LogP contribution in [0, 0.1) is 5.92 Å². The average molecular weight is 303 g/mol. The topological polar surface area (TPSA) is 83.9 Å². The molecule has 0 saturated carbocycles. The van der Waals surface area contributed by atoms with Gasteiger partial charge in [-0.1, -0.05) is 6.92 Å². The first-order valence-corrected chi connectivity index (χ1v) is 7.23. The van der Waals surface area contributed by atoms with Crippen LogP contribution >= 0.6 is 0 Å². The van der Waals surface area contributed by atoms with E-state index < -0.39 is 5.97 Å². The summed E-state index contributed by atoms with van der Waals surface area (Å²) in [5, 5.41) is 8.89. The number of carboxylic acid groups (broad SMARTS) is 1. The molecule has 3 rings (SSSR count). The molecule has 0 spiro atoms. The first kappa shape index (κ1) is 14.4. The quantitative estimate of drug-likeness (QED) is 0.941. The number of aromatic carboxylic acids is 1. The molecule has 22 heavy (non-hydrogen) atoms. The van der Waals surface area contributed by atoms with Gasteiger partial charge in [0.2, 0.25) is 5.76 Å². The third-order valence-corrected chi connectivity index (χ3v) is 4.02. The van der Waals surface area contributed by atoms with Crippen LogP contribution in [0.15, 0.2) is 39.4 Å². The van der Waals surface area contributed by atoms with Gasteiger partial charge in [0, 0.05) is 6.54 Å². The molecule has 6 heteroatoms. The lowest BCUT2D eigenvalue weighted by Crippen LogP contribution is -2.40. The molecule has 1 aliphatic rings. The lowest BCUT2D eigenvalue weighted by molar-refractivity contribution is 0.0484. The van der Waals surface area contributed by atoms with Crippen molar-refractivity contribution in [2.75, 3.05) is 6.54 Å². The van der Waals surface area contributed by atoms with Crippen molar-refractivity contribution in [1.82, 2.24) is 4.90 Å². The number of amides is 1. The Hall–Kier alpha value is -2.50. The van der Waals surface area contributed by atoms with E-state index in [9.17, 15) is 9.59 Å². The second-order valence-corrected chi connectivity index (χ2v) is 5.63. The highest BCUT2D eigenvalue weighted by molar-refractivity contribution is 5.93. The minimum Gasteiger partial charge on any atom is -0.475 e. The maximum absolute atomic E-state index is 12.6. The number of furan rings is 2. The summed E-state index contributed by atoms with van der Waals surface area (Å²) in [5.41, 5.74) is 0. The fourth-order valence-electron chi connectivity index (χ4n) is 2.84. The number of carbonyl (C=O) groups is 2. The second-order valence-electron chi connectivity index (χ2n) is 5.63. The van der Waals surface area contributed by atoms with E-state index in [1.165, 1.54) is 12.1 Å². The first-order chi connectivity index (χ1) is 10.6. The van der Waals surface area contributed by atoms with Gasteiger partial charge >= 0.3 is 5.97 Å². The zero-order chi connectivity index (χ0) is 15.7. The fraction of sp³-hybridized carbons (Fsp3) is 0.375. The van der Waals surface area contributed by atoms with Crippen LogP contribution in [0.2, 0.25) is 0 Å². The lowest BCUT2D eigenvalue weighted by Gasteiger charge is -2.36. The summed E-state index contributed by atoms with van der Waals surface area (Å²) in [6.07, 6.45) is 3.30. The Labute approximate surface area is 127 Å². The van der Waals surface area contributed by atoms with E-state index in [4.69, 9.17) is 13.9 Å². The predicted molar refractivity (Wildman–Crippen MR) is 76.6 cm³/mol. The van der Waals surface area contributed by atoms with Crippen LogP contribution < -0.4 is 0 Å². The monoisotopic (exact) mass is 303 g/mol. The van der Waals surface area contributed by atoms with Gasteiger partial charge in [0.1, 0.15) is 5.76 Å². The molecule has 116 valence electrons. The first-order valence-electron chi connectivity index (χ1n) is 7.23. The maximum Gasteiger partial charge on any atom is 0.371 e. The predicted octanol–water partition coefficient (Wildman–Crippen LogP) is 3.18. The molecule has 0 aliphatic carbocycles. The molecule has 6 nitrogen and oxygen atoms in total. The zero-order valence-electron chi connectivity index (χ0n) is 12.2. The van der Waals surface area contributed by atoms with Crippen LogP contribution in [0.5, 0.6) is 0 Å². The van der Waals surface area contributed by atoms with Crippen LogP contribution in [0.1, 0.15) is 52.7 Å². The van der Waals surface area contributed by atoms with Crippen LogP contribution in [-0.2, 0) is 0 Å². The number of carbonyl (C=O) groups excluding carboxylic acids is 1. The summed E-state index contributed by atoms with van der Waals surface area (Å²) in [5.74, 6) is -0.447. The fourth-order valence-corrected chi connectivity index (χ4v) is 2.84. The molecular weight excluding hydrogens is 286 g/mol. The number of piperidine rings is 1. The Morgan fingerprint density at radius 1 is 1.27 bits per heavy atom. The van der Waals surface area contributed by atoms with Crippen LogP contribution in [0.25, 0.3) is 0 Å². The lowest BCUT2D eigenvalue weighted by atomic mass is 9.91. The summed E-state index contributed by atoms with van der Waals surface area (Å²) in [6.45, 7) is 2.74. The molecule has 0 aromatic carbocycles. The van der Waals surface area contributed by atoms with Crippen molar-refractivity contribution in [3.63, 3.8) is 0 Å². The molecule has 1 aliphatic heterocycles. The summed E-state index contributed by atoms with van der Waals surface area (Å²) in [4.78, 5) is 25.2. The molecule has 1 saturated heterocycles. The van der Waals surface area contributed by atoms with Gasteiger partial charge in [-0.3, -0.25) is 4.79 Å². The van der Waals surface area contributed by atoms with Crippen molar-refractivity contribution in [3.8, 4) is 0 Å². The van der Waals surface area contributed by atoms with E-state index in [0.717, 1.165) is 18.6 Å². The smallest absolute Gasteiger partial charge is 0.371 e. The second kappa shape index (κ2) is 5.71. The summed E-state index contributed by atoms with van der Waals surface area (Å²) >= 11 is 0. The number of nitrogens with zero attached hydrogens (tertiary/aromatic N) is 1. The molecule has 0 bridgehead atoms. The molecule has 0 radical (unpaired) electrons. The molecule has 1 N–H and O–H groups in total. The standard InChI is InChI=1S/C16H17NO5/c1-10-6-7-17(11(9-10)12-3-2-8-21-12)15(18)13-4-5-14(22-13)16(19)20/h2-5,8,10-11H,6-7,9H2,1H3,(H,19,20)/t10-,11+/m1/s1. The molecule has 0 unspecified atom stereocenters. The van der Waals surface area contributed by atoms with Crippen LogP contribution in [0.3, 0.4) is 0 Å². The van der Waals surface area contributed by atoms with E-state index in [0.29, 0.717) is 12.5 Å². The molecule has 2 aromatic rings. The summed E-state index contributed by atoms with van der Waals surface area (Å²) in [7, 11) is 0. The van der Waals surface area contributed by atoms with Crippen molar-refractivity contribution in [2.45, 2.75) is 25.8 Å². The number of hydrogen-bond donors (Lipinski definition) is 1. The van der Waals surface area contributed by atoms with E-state index in [1.807, 2.05) is 6.07 Å². The van der Waals surface area contributed by atoms with Gasteiger partial charge in [-0.2, -0.15) is 0 Å². The van der Waals surface area contributed by atoms with Crippen LogP contribution in [0.4, 0.5) is 0 Å². The summed E-state index contributed by atoms with van der Waals surface area (Å²) < 4.78 is 10.6. The van der Waals surface area contributed by atoms with Gasteiger partial charge in [0.15, 0.2) is 5.76 Å². The maximum atomic E-state index is 12.6. The normalized spacial score (nSPS) is 21.8. The Bertz CT molecular complexity index is 673. The van der Waals surface area contributed by atoms with Crippen molar-refractivity contribution in [3.05, 3.63) is 47.8 Å². The molecule has 3 heterocycles. The van der Waals surface area contributed by atoms with E-state index in [1.54, 1.807) is 17.2 Å². The SMILES string of the molecule is C[C@@H]1CCN(C(=O)c2ccc(C(=O)O)o2)[C@H](c2ccco2)C1. The van der Waals surface area contributed by atoms with Crippen molar-refractivity contribution in [2.24, 2.45) is 5.92 Å². The van der Waals surface area contributed by atoms with Gasteiger partial charge < -0.3 is 18.8 Å². The number of carboxylic acids is 1. The Balaban J connectivity index is 1.86. The van der Waals surface area contributed by atoms with Gasteiger partial charge in [-0.15, -0.1) is 0 Å². The van der Waals surface area contributed by atoms with Gasteiger partial charge in [0.25, 0.3) is 5.91 Å². The summed E-state index contributed by atoms with van der Waals surface area (Å²) in [6, 6.07) is 6.21. The minimum atomic E-state index is -1.19. The highest BCUT2D eigenvalue weighted by Gasteiger charge is 2.34. The largest absolute Gasteiger partial charge is 0.475 e. The Kier molecular flexibility index (Phi) is 3.75. The van der Waals surface area contributed by atoms with Crippen molar-refractivity contribution < 1.29 is 23.5 Å². The van der Waals surface area contributed by atoms with Crippen molar-refractivity contribution >= 4 is 11.9 Å². The highest BCUT2D eigenvalue weighted by Crippen LogP contribution is 2.35. The third kappa shape index (κ3) is 2.64. The van der Waals surface area contributed by atoms with Crippen molar-refractivity contribution in [1.29, 1.82) is 0 Å². The zero-order valence-corrected chi connectivity index (χ0v) is 12.2. The van der Waals surface area contributed by atoms with E-state index in [2.05, 4.69) is 6.92 Å². The third-order valence-electron chi connectivity index (χ3n) is 4.02. The molecule has 2 aromatic heterocycles. The Morgan fingerprint density at radius 3 is 2.68 bits per heavy atom. The molecular formula is C16H17NO5. The van der Waals surface area contributed by atoms with Gasteiger partial charge in [-0.25, -0.2) is 4.79 Å². The van der Waals surface area contributed by atoms with Gasteiger partial charge in [-0.05, 0) is 43.0 Å².